The lowest BCUT2D eigenvalue weighted by Gasteiger charge is -2.21. The first-order chi connectivity index (χ1) is 8.33. The molecule has 17 heavy (non-hydrogen) atoms. The minimum absolute atomic E-state index is 0.413. The predicted molar refractivity (Wildman–Crippen MR) is 67.2 cm³/mol. The maximum atomic E-state index is 5.79. The van der Waals surface area contributed by atoms with E-state index in [1.807, 2.05) is 0 Å². The van der Waals surface area contributed by atoms with Crippen LogP contribution in [0.2, 0.25) is 0 Å². The van der Waals surface area contributed by atoms with Gasteiger partial charge in [0.15, 0.2) is 0 Å². The molecule has 3 heterocycles. The van der Waals surface area contributed by atoms with E-state index in [2.05, 4.69) is 17.7 Å². The summed E-state index contributed by atoms with van der Waals surface area (Å²) in [5.74, 6) is 1.29. The fraction of sp³-hybridized carbons (Fsp3) is 0.786. The summed E-state index contributed by atoms with van der Waals surface area (Å²) in [6.45, 7) is 3.24. The maximum absolute atomic E-state index is 5.79. The van der Waals surface area contributed by atoms with E-state index in [1.165, 1.54) is 43.6 Å². The number of hydrogen-bond donors (Lipinski definition) is 0. The second-order valence-electron chi connectivity index (χ2n) is 5.49. The largest absolute Gasteiger partial charge is 0.378 e. The number of nitrogens with zero attached hydrogens (tertiary/aromatic N) is 2. The van der Waals surface area contributed by atoms with Crippen molar-refractivity contribution >= 4 is 0 Å². The standard InChI is InChI=1S/C14H22N2O/c1-11-5-4-7-14-15-12(10-16(11)14)9-13-6-2-3-8-17-13/h10-11,13H,2-9H2,1H3. The van der Waals surface area contributed by atoms with Crippen molar-refractivity contribution in [3.63, 3.8) is 0 Å². The third-order valence-corrected chi connectivity index (χ3v) is 4.07. The number of imidazole rings is 1. The zero-order valence-corrected chi connectivity index (χ0v) is 10.7. The maximum Gasteiger partial charge on any atom is 0.109 e. The first-order valence-electron chi connectivity index (χ1n) is 7.01. The highest BCUT2D eigenvalue weighted by Gasteiger charge is 2.20. The van der Waals surface area contributed by atoms with E-state index in [-0.39, 0.29) is 0 Å². The molecule has 1 aromatic heterocycles. The topological polar surface area (TPSA) is 27.1 Å². The fourth-order valence-corrected chi connectivity index (χ4v) is 3.05. The van der Waals surface area contributed by atoms with Crippen molar-refractivity contribution in [1.82, 2.24) is 9.55 Å². The van der Waals surface area contributed by atoms with Crippen LogP contribution in [0.5, 0.6) is 0 Å². The average molecular weight is 234 g/mol. The summed E-state index contributed by atoms with van der Waals surface area (Å²) in [6, 6.07) is 0.632. The van der Waals surface area contributed by atoms with Gasteiger partial charge < -0.3 is 9.30 Å². The summed E-state index contributed by atoms with van der Waals surface area (Å²) in [7, 11) is 0. The van der Waals surface area contributed by atoms with Crippen molar-refractivity contribution in [3.8, 4) is 0 Å². The molecule has 3 nitrogen and oxygen atoms in total. The Hall–Kier alpha value is -0.830. The number of hydrogen-bond acceptors (Lipinski definition) is 2. The van der Waals surface area contributed by atoms with Crippen LogP contribution < -0.4 is 0 Å². The Balaban J connectivity index is 1.71. The first-order valence-corrected chi connectivity index (χ1v) is 7.01. The lowest BCUT2D eigenvalue weighted by Crippen LogP contribution is -2.21. The van der Waals surface area contributed by atoms with E-state index in [4.69, 9.17) is 9.72 Å². The second kappa shape index (κ2) is 4.81. The minimum Gasteiger partial charge on any atom is -0.378 e. The fourth-order valence-electron chi connectivity index (χ4n) is 3.05. The summed E-state index contributed by atoms with van der Waals surface area (Å²) in [4.78, 5) is 4.78. The molecule has 2 aliphatic heterocycles. The van der Waals surface area contributed by atoms with E-state index in [1.54, 1.807) is 0 Å². The first kappa shape index (κ1) is 11.3. The van der Waals surface area contributed by atoms with E-state index >= 15 is 0 Å². The third kappa shape index (κ3) is 2.39. The predicted octanol–water partition coefficient (Wildman–Crippen LogP) is 2.89. The monoisotopic (exact) mass is 234 g/mol. The van der Waals surface area contributed by atoms with Gasteiger partial charge in [-0.15, -0.1) is 0 Å². The molecule has 0 saturated carbocycles. The van der Waals surface area contributed by atoms with Crippen molar-refractivity contribution in [2.75, 3.05) is 6.61 Å². The SMILES string of the molecule is CC1CCCc2nc(CC3CCCCO3)cn21. The van der Waals surface area contributed by atoms with Gasteiger partial charge >= 0.3 is 0 Å². The number of fused-ring (bicyclic) bond motifs is 1. The van der Waals surface area contributed by atoms with Gasteiger partial charge in [0, 0.05) is 31.7 Å². The normalized spacial score (nSPS) is 29.0. The van der Waals surface area contributed by atoms with Gasteiger partial charge in [-0.1, -0.05) is 0 Å². The molecule has 0 N–H and O–H groups in total. The zero-order valence-electron chi connectivity index (χ0n) is 10.7. The highest BCUT2D eigenvalue weighted by molar-refractivity contribution is 5.09. The molecule has 3 rings (SSSR count). The van der Waals surface area contributed by atoms with Crippen LogP contribution in [0.4, 0.5) is 0 Å². The molecule has 0 amide bonds. The smallest absolute Gasteiger partial charge is 0.109 e. The molecule has 2 aliphatic rings. The van der Waals surface area contributed by atoms with Crippen molar-refractivity contribution in [2.24, 2.45) is 0 Å². The van der Waals surface area contributed by atoms with E-state index in [9.17, 15) is 0 Å². The van der Waals surface area contributed by atoms with Crippen LogP contribution in [-0.4, -0.2) is 22.3 Å². The van der Waals surface area contributed by atoms with Gasteiger partial charge in [0.05, 0.1) is 11.8 Å². The van der Waals surface area contributed by atoms with Crippen molar-refractivity contribution < 1.29 is 4.74 Å². The molecule has 0 aromatic carbocycles. The molecule has 0 aliphatic carbocycles. The van der Waals surface area contributed by atoms with Gasteiger partial charge in [0.2, 0.25) is 0 Å². The molecule has 2 atom stereocenters. The minimum atomic E-state index is 0.413. The average Bonchev–Trinajstić information content (AvgIpc) is 2.74. The lowest BCUT2D eigenvalue weighted by molar-refractivity contribution is 0.0163. The van der Waals surface area contributed by atoms with Gasteiger partial charge in [0.25, 0.3) is 0 Å². The summed E-state index contributed by atoms with van der Waals surface area (Å²) >= 11 is 0. The molecule has 94 valence electrons. The highest BCUT2D eigenvalue weighted by atomic mass is 16.5. The molecule has 0 radical (unpaired) electrons. The van der Waals surface area contributed by atoms with E-state index in [0.717, 1.165) is 19.4 Å². The van der Waals surface area contributed by atoms with E-state index in [0.29, 0.717) is 12.1 Å². The highest BCUT2D eigenvalue weighted by Crippen LogP contribution is 2.25. The van der Waals surface area contributed by atoms with Gasteiger partial charge in [-0.25, -0.2) is 4.98 Å². The summed E-state index contributed by atoms with van der Waals surface area (Å²) in [6.07, 6.45) is 11.2. The molecule has 1 fully saturated rings. The summed E-state index contributed by atoms with van der Waals surface area (Å²) in [5, 5.41) is 0. The Morgan fingerprint density at radius 1 is 1.35 bits per heavy atom. The van der Waals surface area contributed by atoms with Crippen LogP contribution in [0.15, 0.2) is 6.20 Å². The molecule has 3 heteroatoms. The second-order valence-corrected chi connectivity index (χ2v) is 5.49. The number of aromatic nitrogens is 2. The number of rotatable bonds is 2. The molecule has 2 unspecified atom stereocenters. The Morgan fingerprint density at radius 3 is 3.06 bits per heavy atom. The van der Waals surface area contributed by atoms with Crippen molar-refractivity contribution in [2.45, 2.75) is 64.0 Å². The zero-order chi connectivity index (χ0) is 11.7. The van der Waals surface area contributed by atoms with Crippen LogP contribution in [-0.2, 0) is 17.6 Å². The number of aryl methyl sites for hydroxylation is 1. The van der Waals surface area contributed by atoms with Gasteiger partial charge in [0.1, 0.15) is 5.82 Å². The molecule has 0 bridgehead atoms. The van der Waals surface area contributed by atoms with Crippen LogP contribution >= 0.6 is 0 Å². The Labute approximate surface area is 103 Å². The van der Waals surface area contributed by atoms with Gasteiger partial charge in [-0.05, 0) is 39.0 Å². The van der Waals surface area contributed by atoms with Crippen LogP contribution in [0, 0.1) is 0 Å². The van der Waals surface area contributed by atoms with Crippen molar-refractivity contribution in [3.05, 3.63) is 17.7 Å². The quantitative estimate of drug-likeness (QED) is 0.786. The molecule has 0 spiro atoms. The summed E-state index contributed by atoms with van der Waals surface area (Å²) in [5.41, 5.74) is 1.24. The van der Waals surface area contributed by atoms with Crippen LogP contribution in [0.25, 0.3) is 0 Å². The van der Waals surface area contributed by atoms with E-state index < -0.39 is 0 Å². The molecule has 1 aromatic rings. The number of ether oxygens (including phenoxy) is 1. The van der Waals surface area contributed by atoms with Crippen LogP contribution in [0.1, 0.15) is 56.6 Å². The van der Waals surface area contributed by atoms with Crippen LogP contribution in [0.3, 0.4) is 0 Å². The Morgan fingerprint density at radius 2 is 2.29 bits per heavy atom. The van der Waals surface area contributed by atoms with Gasteiger partial charge in [-0.2, -0.15) is 0 Å². The summed E-state index contributed by atoms with van der Waals surface area (Å²) < 4.78 is 8.17. The van der Waals surface area contributed by atoms with Gasteiger partial charge in [-0.3, -0.25) is 0 Å². The lowest BCUT2D eigenvalue weighted by atomic mass is 10.1. The third-order valence-electron chi connectivity index (χ3n) is 4.07. The Kier molecular flexibility index (Phi) is 3.19. The Bertz CT molecular complexity index is 380. The molecular weight excluding hydrogens is 212 g/mol. The molecule has 1 saturated heterocycles. The van der Waals surface area contributed by atoms with Crippen molar-refractivity contribution in [1.29, 1.82) is 0 Å². The molecular formula is C14H22N2O.